The molecule has 30 heavy (non-hydrogen) atoms. The molecule has 1 heterocycles. The molecule has 0 saturated carbocycles. The Balaban J connectivity index is 0.000000239. The van der Waals surface area contributed by atoms with Gasteiger partial charge in [0, 0.05) is 19.1 Å². The van der Waals surface area contributed by atoms with Crippen LogP contribution in [-0.4, -0.2) is 43.2 Å². The highest BCUT2D eigenvalue weighted by atomic mass is 16.5. The van der Waals surface area contributed by atoms with Gasteiger partial charge < -0.3 is 14.7 Å². The molecular weight excluding hydrogens is 374 g/mol. The summed E-state index contributed by atoms with van der Waals surface area (Å²) in [5.74, 6) is -0.409. The van der Waals surface area contributed by atoms with Gasteiger partial charge in [0.1, 0.15) is 5.60 Å². The summed E-state index contributed by atoms with van der Waals surface area (Å²) in [5.41, 5.74) is 2.55. The third kappa shape index (κ3) is 4.96. The number of rotatable bonds is 5. The highest BCUT2D eigenvalue weighted by molar-refractivity contribution is 5.87. The Morgan fingerprint density at radius 1 is 0.900 bits per heavy atom. The van der Waals surface area contributed by atoms with Crippen LogP contribution >= 0.6 is 0 Å². The van der Waals surface area contributed by atoms with Crippen molar-refractivity contribution in [1.82, 2.24) is 4.90 Å². The summed E-state index contributed by atoms with van der Waals surface area (Å²) in [6, 6.07) is 29.6. The van der Waals surface area contributed by atoms with Crippen LogP contribution in [0.2, 0.25) is 0 Å². The van der Waals surface area contributed by atoms with E-state index in [-0.39, 0.29) is 5.60 Å². The number of ether oxygens (including phenoxy) is 1. The van der Waals surface area contributed by atoms with Gasteiger partial charge in [-0.1, -0.05) is 78.9 Å². The Morgan fingerprint density at radius 3 is 1.77 bits per heavy atom. The van der Waals surface area contributed by atoms with E-state index < -0.39 is 5.97 Å². The van der Waals surface area contributed by atoms with Gasteiger partial charge in [-0.2, -0.15) is 0 Å². The van der Waals surface area contributed by atoms with E-state index >= 15 is 0 Å². The molecule has 0 bridgehead atoms. The van der Waals surface area contributed by atoms with Gasteiger partial charge in [0.05, 0.1) is 5.56 Å². The van der Waals surface area contributed by atoms with Crippen LogP contribution in [-0.2, 0) is 10.3 Å². The average Bonchev–Trinajstić information content (AvgIpc) is 3.20. The standard InChI is InChI=1S/C19H23NO.C7H6O2/c1-20(2)15-18-13-14-21-19(18,16-9-5-3-6-10-16)17-11-7-4-8-12-17;8-7(9)6-4-2-1-3-5-6/h3-12,18H,13-15H2,1-2H3;1-5H,(H,8,9). The van der Waals surface area contributed by atoms with Gasteiger partial charge in [-0.15, -0.1) is 0 Å². The van der Waals surface area contributed by atoms with E-state index in [0.717, 1.165) is 19.6 Å². The summed E-state index contributed by atoms with van der Waals surface area (Å²) in [6.45, 7) is 1.85. The van der Waals surface area contributed by atoms with Crippen molar-refractivity contribution in [1.29, 1.82) is 0 Å². The van der Waals surface area contributed by atoms with Crippen LogP contribution in [0, 0.1) is 5.92 Å². The molecule has 1 fully saturated rings. The van der Waals surface area contributed by atoms with Crippen LogP contribution in [0.15, 0.2) is 91.0 Å². The van der Waals surface area contributed by atoms with Crippen LogP contribution in [0.4, 0.5) is 0 Å². The first-order valence-electron chi connectivity index (χ1n) is 10.2. The van der Waals surface area contributed by atoms with Gasteiger partial charge in [0.15, 0.2) is 0 Å². The summed E-state index contributed by atoms with van der Waals surface area (Å²) in [5, 5.41) is 8.38. The SMILES string of the molecule is CN(C)CC1CCOC1(c1ccccc1)c1ccccc1.O=C(O)c1ccccc1. The molecule has 3 aromatic rings. The number of carboxylic acid groups (broad SMARTS) is 1. The summed E-state index contributed by atoms with van der Waals surface area (Å²) >= 11 is 0. The molecule has 0 aliphatic carbocycles. The minimum absolute atomic E-state index is 0.313. The van der Waals surface area contributed by atoms with E-state index in [1.54, 1.807) is 30.3 Å². The van der Waals surface area contributed by atoms with E-state index in [1.165, 1.54) is 11.1 Å². The lowest BCUT2D eigenvalue weighted by Crippen LogP contribution is -2.39. The number of benzene rings is 3. The number of carboxylic acids is 1. The summed E-state index contributed by atoms with van der Waals surface area (Å²) < 4.78 is 6.40. The maximum Gasteiger partial charge on any atom is 0.335 e. The van der Waals surface area contributed by atoms with Gasteiger partial charge in [-0.05, 0) is 43.8 Å². The smallest absolute Gasteiger partial charge is 0.335 e. The number of hydrogen-bond donors (Lipinski definition) is 1. The molecule has 4 heteroatoms. The third-order valence-corrected chi connectivity index (χ3v) is 5.38. The van der Waals surface area contributed by atoms with Crippen molar-refractivity contribution in [2.75, 3.05) is 27.2 Å². The van der Waals surface area contributed by atoms with Crippen LogP contribution in [0.3, 0.4) is 0 Å². The number of carbonyl (C=O) groups is 1. The van der Waals surface area contributed by atoms with E-state index in [4.69, 9.17) is 9.84 Å². The van der Waals surface area contributed by atoms with Gasteiger partial charge >= 0.3 is 5.97 Å². The van der Waals surface area contributed by atoms with Gasteiger partial charge in [0.25, 0.3) is 0 Å². The Bertz CT molecular complexity index is 871. The van der Waals surface area contributed by atoms with Gasteiger partial charge in [-0.3, -0.25) is 0 Å². The highest BCUT2D eigenvalue weighted by Gasteiger charge is 2.47. The quantitative estimate of drug-likeness (QED) is 0.657. The lowest BCUT2D eigenvalue weighted by atomic mass is 9.76. The number of aromatic carboxylic acids is 1. The molecule has 4 rings (SSSR count). The molecule has 1 saturated heterocycles. The molecule has 0 radical (unpaired) electrons. The molecule has 1 aliphatic heterocycles. The average molecular weight is 404 g/mol. The van der Waals surface area contributed by atoms with E-state index in [1.807, 2.05) is 0 Å². The molecule has 1 atom stereocenters. The van der Waals surface area contributed by atoms with Gasteiger partial charge in [-0.25, -0.2) is 4.79 Å². The molecule has 1 unspecified atom stereocenters. The van der Waals surface area contributed by atoms with Crippen LogP contribution in [0.5, 0.6) is 0 Å². The summed E-state index contributed by atoms with van der Waals surface area (Å²) in [4.78, 5) is 12.5. The zero-order chi connectivity index (χ0) is 21.4. The fraction of sp³-hybridized carbons (Fsp3) is 0.269. The fourth-order valence-electron chi connectivity index (χ4n) is 4.10. The van der Waals surface area contributed by atoms with Crippen molar-refractivity contribution < 1.29 is 14.6 Å². The molecule has 4 nitrogen and oxygen atoms in total. The number of nitrogens with zero attached hydrogens (tertiary/aromatic N) is 1. The molecule has 0 spiro atoms. The van der Waals surface area contributed by atoms with E-state index in [0.29, 0.717) is 11.5 Å². The second-order valence-electron chi connectivity index (χ2n) is 7.74. The maximum absolute atomic E-state index is 10.2. The lowest BCUT2D eigenvalue weighted by molar-refractivity contribution is 0.00438. The van der Waals surface area contributed by atoms with Crippen molar-refractivity contribution in [3.05, 3.63) is 108 Å². The Morgan fingerprint density at radius 2 is 1.37 bits per heavy atom. The number of hydrogen-bond acceptors (Lipinski definition) is 3. The summed E-state index contributed by atoms with van der Waals surface area (Å²) in [6.07, 6.45) is 1.10. The first-order valence-corrected chi connectivity index (χ1v) is 10.2. The minimum atomic E-state index is -0.879. The topological polar surface area (TPSA) is 49.8 Å². The van der Waals surface area contributed by atoms with Crippen molar-refractivity contribution in [3.63, 3.8) is 0 Å². The fourth-order valence-corrected chi connectivity index (χ4v) is 4.10. The first kappa shape index (κ1) is 21.8. The Hall–Kier alpha value is -2.95. The normalized spacial score (nSPS) is 17.2. The molecule has 3 aromatic carbocycles. The highest BCUT2D eigenvalue weighted by Crippen LogP contribution is 2.46. The largest absolute Gasteiger partial charge is 0.478 e. The zero-order valence-electron chi connectivity index (χ0n) is 17.6. The molecule has 1 aliphatic rings. The minimum Gasteiger partial charge on any atom is -0.478 e. The predicted molar refractivity (Wildman–Crippen MR) is 120 cm³/mol. The molecule has 1 N–H and O–H groups in total. The van der Waals surface area contributed by atoms with Crippen molar-refractivity contribution in [2.45, 2.75) is 12.0 Å². The first-order chi connectivity index (χ1) is 14.5. The Kier molecular flexibility index (Phi) is 7.39. The van der Waals surface area contributed by atoms with Crippen molar-refractivity contribution >= 4 is 5.97 Å². The van der Waals surface area contributed by atoms with Crippen LogP contribution < -0.4 is 0 Å². The molecule has 156 valence electrons. The molecule has 0 aromatic heterocycles. The van der Waals surface area contributed by atoms with Crippen molar-refractivity contribution in [3.8, 4) is 0 Å². The molecular formula is C26H29NO3. The summed E-state index contributed by atoms with van der Waals surface area (Å²) in [7, 11) is 4.28. The van der Waals surface area contributed by atoms with Crippen molar-refractivity contribution in [2.24, 2.45) is 5.92 Å². The zero-order valence-corrected chi connectivity index (χ0v) is 17.6. The van der Waals surface area contributed by atoms with Crippen LogP contribution in [0.25, 0.3) is 0 Å². The van der Waals surface area contributed by atoms with Crippen LogP contribution in [0.1, 0.15) is 27.9 Å². The Labute approximate surface area is 178 Å². The second kappa shape index (κ2) is 10.2. The maximum atomic E-state index is 10.2. The monoisotopic (exact) mass is 403 g/mol. The molecule has 0 amide bonds. The van der Waals surface area contributed by atoms with Gasteiger partial charge in [0.2, 0.25) is 0 Å². The van der Waals surface area contributed by atoms with E-state index in [9.17, 15) is 4.79 Å². The lowest BCUT2D eigenvalue weighted by Gasteiger charge is -2.37. The predicted octanol–water partition coefficient (Wildman–Crippen LogP) is 4.91. The second-order valence-corrected chi connectivity index (χ2v) is 7.74. The van der Waals surface area contributed by atoms with E-state index in [2.05, 4.69) is 79.7 Å². The third-order valence-electron chi connectivity index (χ3n) is 5.38.